The number of rotatable bonds is 4. The fraction of sp³-hybridized carbons (Fsp3) is 0.550. The smallest absolute Gasteiger partial charge is 0.356 e. The molecule has 0 radical (unpaired) electrons. The number of nitrogens with zero attached hydrogens (tertiary/aromatic N) is 7. The number of aromatic nitrogens is 6. The Morgan fingerprint density at radius 2 is 1.94 bits per heavy atom. The van der Waals surface area contributed by atoms with E-state index in [1.807, 2.05) is 17.0 Å². The molecule has 5 rings (SSSR count). The fourth-order valence-electron chi connectivity index (χ4n) is 4.42. The van der Waals surface area contributed by atoms with Gasteiger partial charge in [0.25, 0.3) is 0 Å². The lowest BCUT2D eigenvalue weighted by Crippen LogP contribution is -2.44. The molecular formula is C20H23F3N8O. The van der Waals surface area contributed by atoms with E-state index in [0.29, 0.717) is 23.5 Å². The van der Waals surface area contributed by atoms with Crippen LogP contribution in [-0.4, -0.2) is 66.9 Å². The lowest BCUT2D eigenvalue weighted by molar-refractivity contribution is -0.141. The molecule has 3 aromatic heterocycles. The van der Waals surface area contributed by atoms with Crippen LogP contribution in [0.2, 0.25) is 0 Å². The van der Waals surface area contributed by atoms with Crippen LogP contribution in [0.1, 0.15) is 37.2 Å². The Morgan fingerprint density at radius 1 is 1.12 bits per heavy atom. The third-order valence-electron chi connectivity index (χ3n) is 6.03. The van der Waals surface area contributed by atoms with E-state index in [4.69, 9.17) is 0 Å². The van der Waals surface area contributed by atoms with Gasteiger partial charge in [0, 0.05) is 26.2 Å². The Bertz CT molecular complexity index is 1120. The van der Waals surface area contributed by atoms with Crippen LogP contribution in [0.3, 0.4) is 0 Å². The number of hydrogen-bond donors (Lipinski definition) is 1. The average molecular weight is 448 g/mol. The number of imidazole rings is 1. The fourth-order valence-corrected chi connectivity index (χ4v) is 4.42. The second kappa shape index (κ2) is 8.06. The minimum atomic E-state index is -4.54. The Kier molecular flexibility index (Phi) is 5.22. The van der Waals surface area contributed by atoms with Crippen molar-refractivity contribution in [2.24, 2.45) is 5.92 Å². The second-order valence-corrected chi connectivity index (χ2v) is 8.34. The highest BCUT2D eigenvalue weighted by Crippen LogP contribution is 2.27. The van der Waals surface area contributed by atoms with Crippen LogP contribution in [0.5, 0.6) is 0 Å². The molecule has 1 unspecified atom stereocenters. The maximum atomic E-state index is 12.8. The van der Waals surface area contributed by atoms with Gasteiger partial charge in [-0.05, 0) is 37.8 Å². The third-order valence-corrected chi connectivity index (χ3v) is 6.03. The quantitative estimate of drug-likeness (QED) is 0.659. The molecule has 0 saturated carbocycles. The van der Waals surface area contributed by atoms with E-state index in [9.17, 15) is 18.0 Å². The number of piperidine rings is 1. The molecule has 0 aliphatic carbocycles. The van der Waals surface area contributed by atoms with Crippen molar-refractivity contribution in [3.05, 3.63) is 29.8 Å². The molecule has 32 heavy (non-hydrogen) atoms. The van der Waals surface area contributed by atoms with Gasteiger partial charge >= 0.3 is 6.18 Å². The molecule has 0 aromatic carbocycles. The number of carbonyl (C=O) groups is 1. The van der Waals surface area contributed by atoms with Crippen LogP contribution in [-0.2, 0) is 17.5 Å². The Morgan fingerprint density at radius 3 is 2.69 bits per heavy atom. The minimum absolute atomic E-state index is 0.0187. The van der Waals surface area contributed by atoms with Gasteiger partial charge in [-0.3, -0.25) is 4.79 Å². The summed E-state index contributed by atoms with van der Waals surface area (Å²) in [6.45, 7) is 3.17. The molecule has 12 heteroatoms. The first kappa shape index (κ1) is 20.7. The molecule has 1 N–H and O–H groups in total. The third kappa shape index (κ3) is 4.13. The molecule has 3 aromatic rings. The van der Waals surface area contributed by atoms with E-state index in [1.165, 1.54) is 0 Å². The number of carbonyl (C=O) groups excluding carboxylic acids is 1. The summed E-state index contributed by atoms with van der Waals surface area (Å²) in [6.07, 6.45) is 0.270. The SMILES string of the molecule is O=C(C1CCCN(c2ccc3[nH]c(Cn4cc(C(F)(F)F)nn4)nc3n2)C1)N1CCCC1. The number of hydrogen-bond acceptors (Lipinski definition) is 6. The van der Waals surface area contributed by atoms with Crippen molar-refractivity contribution in [1.82, 2.24) is 34.8 Å². The minimum Gasteiger partial charge on any atom is -0.356 e. The first-order valence-corrected chi connectivity index (χ1v) is 10.7. The van der Waals surface area contributed by atoms with Gasteiger partial charge in [0.1, 0.15) is 18.2 Å². The second-order valence-electron chi connectivity index (χ2n) is 8.34. The number of nitrogens with one attached hydrogen (secondary N) is 1. The largest absolute Gasteiger partial charge is 0.436 e. The van der Waals surface area contributed by atoms with E-state index in [1.54, 1.807) is 0 Å². The maximum absolute atomic E-state index is 12.8. The number of anilines is 1. The van der Waals surface area contributed by atoms with Crippen molar-refractivity contribution in [3.63, 3.8) is 0 Å². The summed E-state index contributed by atoms with van der Waals surface area (Å²) in [5.41, 5.74) is 0.111. The molecule has 5 heterocycles. The normalized spacial score (nSPS) is 19.8. The summed E-state index contributed by atoms with van der Waals surface area (Å²) >= 11 is 0. The van der Waals surface area contributed by atoms with Crippen molar-refractivity contribution in [2.75, 3.05) is 31.1 Å². The van der Waals surface area contributed by atoms with Gasteiger partial charge in [-0.25, -0.2) is 14.6 Å². The topological polar surface area (TPSA) is 95.8 Å². The van der Waals surface area contributed by atoms with E-state index in [0.717, 1.165) is 62.0 Å². The average Bonchev–Trinajstić information content (AvgIpc) is 3.53. The predicted octanol–water partition coefficient (Wildman–Crippen LogP) is 2.46. The maximum Gasteiger partial charge on any atom is 0.436 e. The van der Waals surface area contributed by atoms with Crippen molar-refractivity contribution in [3.8, 4) is 0 Å². The van der Waals surface area contributed by atoms with Gasteiger partial charge in [-0.15, -0.1) is 5.10 Å². The molecule has 2 saturated heterocycles. The number of amides is 1. The molecule has 9 nitrogen and oxygen atoms in total. The Hall–Kier alpha value is -3.18. The standard InChI is InChI=1S/C20H23F3N8O/c21-20(22,23)15-11-31(28-27-15)12-16-24-14-5-6-17(26-18(14)25-16)30-9-3-4-13(10-30)19(32)29-7-1-2-8-29/h5-6,11,13H,1-4,7-10,12H2,(H,24,25,26). The van der Waals surface area contributed by atoms with Crippen LogP contribution in [0.25, 0.3) is 11.2 Å². The number of fused-ring (bicyclic) bond motifs is 1. The van der Waals surface area contributed by atoms with Crippen LogP contribution in [0.4, 0.5) is 19.0 Å². The highest BCUT2D eigenvalue weighted by Gasteiger charge is 2.34. The van der Waals surface area contributed by atoms with E-state index in [2.05, 4.69) is 30.2 Å². The predicted molar refractivity (Wildman–Crippen MR) is 109 cm³/mol. The Labute approximate surface area is 181 Å². The van der Waals surface area contributed by atoms with E-state index in [-0.39, 0.29) is 18.4 Å². The summed E-state index contributed by atoms with van der Waals surface area (Å²) in [6, 6.07) is 3.73. The number of alkyl halides is 3. The van der Waals surface area contributed by atoms with Crippen molar-refractivity contribution < 1.29 is 18.0 Å². The molecule has 2 fully saturated rings. The molecule has 1 amide bonds. The zero-order chi connectivity index (χ0) is 22.3. The highest BCUT2D eigenvalue weighted by atomic mass is 19.4. The lowest BCUT2D eigenvalue weighted by atomic mass is 9.96. The van der Waals surface area contributed by atoms with E-state index < -0.39 is 11.9 Å². The number of halogens is 3. The van der Waals surface area contributed by atoms with Gasteiger partial charge in [-0.1, -0.05) is 5.21 Å². The first-order valence-electron chi connectivity index (χ1n) is 10.7. The summed E-state index contributed by atoms with van der Waals surface area (Å²) in [4.78, 5) is 29.0. The van der Waals surface area contributed by atoms with Crippen LogP contribution in [0.15, 0.2) is 18.3 Å². The van der Waals surface area contributed by atoms with Gasteiger partial charge in [0.05, 0.1) is 17.6 Å². The Balaban J connectivity index is 1.30. The number of aromatic amines is 1. The zero-order valence-corrected chi connectivity index (χ0v) is 17.3. The van der Waals surface area contributed by atoms with Crippen LogP contribution in [0, 0.1) is 5.92 Å². The summed E-state index contributed by atoms with van der Waals surface area (Å²) < 4.78 is 39.2. The molecule has 0 bridgehead atoms. The zero-order valence-electron chi connectivity index (χ0n) is 17.3. The van der Waals surface area contributed by atoms with Crippen molar-refractivity contribution >= 4 is 22.9 Å². The summed E-state index contributed by atoms with van der Waals surface area (Å²) in [5, 5.41) is 6.67. The lowest BCUT2D eigenvalue weighted by Gasteiger charge is -2.34. The monoisotopic (exact) mass is 448 g/mol. The molecule has 170 valence electrons. The molecular weight excluding hydrogens is 425 g/mol. The van der Waals surface area contributed by atoms with Crippen molar-refractivity contribution in [2.45, 2.75) is 38.4 Å². The molecule has 0 spiro atoms. The molecule has 2 aliphatic heterocycles. The molecule has 2 aliphatic rings. The first-order chi connectivity index (χ1) is 15.4. The van der Waals surface area contributed by atoms with Crippen molar-refractivity contribution in [1.29, 1.82) is 0 Å². The number of likely N-dealkylation sites (tertiary alicyclic amines) is 1. The van der Waals surface area contributed by atoms with Crippen LogP contribution < -0.4 is 4.90 Å². The van der Waals surface area contributed by atoms with Gasteiger partial charge in [0.2, 0.25) is 5.91 Å². The molecule has 1 atom stereocenters. The van der Waals surface area contributed by atoms with Gasteiger partial charge in [0.15, 0.2) is 11.3 Å². The highest BCUT2D eigenvalue weighted by molar-refractivity contribution is 5.80. The van der Waals surface area contributed by atoms with E-state index >= 15 is 0 Å². The van der Waals surface area contributed by atoms with Gasteiger partial charge in [-0.2, -0.15) is 13.2 Å². The number of pyridine rings is 1. The summed E-state index contributed by atoms with van der Waals surface area (Å²) in [5.74, 6) is 1.39. The van der Waals surface area contributed by atoms with Gasteiger partial charge < -0.3 is 14.8 Å². The summed E-state index contributed by atoms with van der Waals surface area (Å²) in [7, 11) is 0. The van der Waals surface area contributed by atoms with Crippen LogP contribution >= 0.6 is 0 Å². The number of H-pyrrole nitrogens is 1.